The molecule has 0 aromatic heterocycles. The van der Waals surface area contributed by atoms with Crippen molar-refractivity contribution in [3.63, 3.8) is 0 Å². The lowest BCUT2D eigenvalue weighted by atomic mass is 9.82. The predicted octanol–water partition coefficient (Wildman–Crippen LogP) is 1.73. The highest BCUT2D eigenvalue weighted by Gasteiger charge is 2.29. The zero-order valence-electron chi connectivity index (χ0n) is 12.1. The predicted molar refractivity (Wildman–Crippen MR) is 73.6 cm³/mol. The number of hydrogen-bond donors (Lipinski definition) is 2. The standard InChI is InChI=1S/C12H28N2O2S/c1-11(2,3)10-12(4,5)14-17(15,16)9-7-8-13-6/h13-14H,7-10H2,1-6H3. The molecule has 5 heteroatoms. The number of nitrogens with one attached hydrogen (secondary N) is 2. The summed E-state index contributed by atoms with van der Waals surface area (Å²) in [6.45, 7) is 10.9. The minimum atomic E-state index is -3.17. The quantitative estimate of drug-likeness (QED) is 0.689. The van der Waals surface area contributed by atoms with Gasteiger partial charge < -0.3 is 5.32 Å². The van der Waals surface area contributed by atoms with Crippen LogP contribution in [0.15, 0.2) is 0 Å². The van der Waals surface area contributed by atoms with Gasteiger partial charge in [0.2, 0.25) is 10.0 Å². The van der Waals surface area contributed by atoms with E-state index in [0.717, 1.165) is 13.0 Å². The topological polar surface area (TPSA) is 58.2 Å². The van der Waals surface area contributed by atoms with E-state index in [2.05, 4.69) is 30.8 Å². The van der Waals surface area contributed by atoms with Crippen LogP contribution in [0.1, 0.15) is 47.5 Å². The van der Waals surface area contributed by atoms with Crippen LogP contribution in [-0.2, 0) is 10.0 Å². The van der Waals surface area contributed by atoms with Crippen molar-refractivity contribution in [1.82, 2.24) is 10.0 Å². The molecule has 0 fully saturated rings. The van der Waals surface area contributed by atoms with E-state index in [9.17, 15) is 8.42 Å². The molecule has 0 aromatic rings. The zero-order chi connectivity index (χ0) is 13.7. The van der Waals surface area contributed by atoms with Crippen molar-refractivity contribution in [2.24, 2.45) is 5.41 Å². The molecule has 0 bridgehead atoms. The van der Waals surface area contributed by atoms with Crippen molar-refractivity contribution in [1.29, 1.82) is 0 Å². The van der Waals surface area contributed by atoms with Crippen molar-refractivity contribution in [2.45, 2.75) is 53.0 Å². The highest BCUT2D eigenvalue weighted by molar-refractivity contribution is 7.89. The van der Waals surface area contributed by atoms with Gasteiger partial charge in [-0.3, -0.25) is 0 Å². The third-order valence-electron chi connectivity index (χ3n) is 2.24. The van der Waals surface area contributed by atoms with Gasteiger partial charge >= 0.3 is 0 Å². The second kappa shape index (κ2) is 6.16. The van der Waals surface area contributed by atoms with Crippen LogP contribution in [0.4, 0.5) is 0 Å². The van der Waals surface area contributed by atoms with E-state index in [1.165, 1.54) is 0 Å². The molecule has 0 aliphatic heterocycles. The van der Waals surface area contributed by atoms with Crippen molar-refractivity contribution in [2.75, 3.05) is 19.3 Å². The summed E-state index contributed by atoms with van der Waals surface area (Å²) in [6, 6.07) is 0. The maximum absolute atomic E-state index is 11.9. The van der Waals surface area contributed by atoms with E-state index in [-0.39, 0.29) is 11.2 Å². The lowest BCUT2D eigenvalue weighted by Gasteiger charge is -2.33. The fourth-order valence-corrected chi connectivity index (χ4v) is 3.81. The van der Waals surface area contributed by atoms with Gasteiger partial charge in [0.15, 0.2) is 0 Å². The number of sulfonamides is 1. The Balaban J connectivity index is 4.39. The van der Waals surface area contributed by atoms with E-state index < -0.39 is 15.6 Å². The highest BCUT2D eigenvalue weighted by Crippen LogP contribution is 2.27. The van der Waals surface area contributed by atoms with Crippen LogP contribution in [0, 0.1) is 5.41 Å². The molecule has 0 atom stereocenters. The van der Waals surface area contributed by atoms with Crippen molar-refractivity contribution in [3.8, 4) is 0 Å². The molecule has 0 saturated carbocycles. The molecule has 0 heterocycles. The lowest BCUT2D eigenvalue weighted by molar-refractivity contribution is 0.269. The van der Waals surface area contributed by atoms with E-state index >= 15 is 0 Å². The third kappa shape index (κ3) is 9.56. The van der Waals surface area contributed by atoms with Gasteiger partial charge in [0, 0.05) is 5.54 Å². The summed E-state index contributed by atoms with van der Waals surface area (Å²) in [5.74, 6) is 0.182. The van der Waals surface area contributed by atoms with Gasteiger partial charge in [-0.2, -0.15) is 0 Å². The SMILES string of the molecule is CNCCCS(=O)(=O)NC(C)(C)CC(C)(C)C. The van der Waals surface area contributed by atoms with Crippen LogP contribution in [0.3, 0.4) is 0 Å². The molecule has 0 aliphatic carbocycles. The van der Waals surface area contributed by atoms with Crippen LogP contribution >= 0.6 is 0 Å². The molecule has 0 aliphatic rings. The Labute approximate surface area is 107 Å². The average molecular weight is 264 g/mol. The minimum absolute atomic E-state index is 0.108. The molecule has 4 nitrogen and oxygen atoms in total. The molecule has 2 N–H and O–H groups in total. The second-order valence-corrected chi connectivity index (χ2v) is 8.34. The van der Waals surface area contributed by atoms with Gasteiger partial charge in [-0.05, 0) is 45.7 Å². The Hall–Kier alpha value is -0.130. The minimum Gasteiger partial charge on any atom is -0.320 e. The first-order valence-corrected chi connectivity index (χ1v) is 7.79. The molecule has 0 radical (unpaired) electrons. The number of rotatable bonds is 7. The van der Waals surface area contributed by atoms with E-state index in [1.807, 2.05) is 20.9 Å². The van der Waals surface area contributed by atoms with Crippen LogP contribution in [0.5, 0.6) is 0 Å². The summed E-state index contributed by atoms with van der Waals surface area (Å²) in [5.41, 5.74) is -0.284. The number of hydrogen-bond acceptors (Lipinski definition) is 3. The Bertz CT molecular complexity index is 316. The molecule has 0 saturated heterocycles. The van der Waals surface area contributed by atoms with Crippen LogP contribution in [-0.4, -0.2) is 33.3 Å². The molecule has 0 unspecified atom stereocenters. The summed E-state index contributed by atoms with van der Waals surface area (Å²) in [7, 11) is -1.35. The van der Waals surface area contributed by atoms with E-state index in [0.29, 0.717) is 6.42 Å². The Morgan fingerprint density at radius 1 is 1.06 bits per heavy atom. The molecule has 0 amide bonds. The summed E-state index contributed by atoms with van der Waals surface area (Å²) in [5, 5.41) is 2.95. The van der Waals surface area contributed by atoms with E-state index in [1.54, 1.807) is 0 Å². The fourth-order valence-electron chi connectivity index (χ4n) is 2.27. The first kappa shape index (κ1) is 16.9. The van der Waals surface area contributed by atoms with Gasteiger partial charge in [-0.1, -0.05) is 20.8 Å². The van der Waals surface area contributed by atoms with Crippen molar-refractivity contribution < 1.29 is 8.42 Å². The lowest BCUT2D eigenvalue weighted by Crippen LogP contribution is -2.46. The van der Waals surface area contributed by atoms with Crippen LogP contribution in [0.2, 0.25) is 0 Å². The largest absolute Gasteiger partial charge is 0.320 e. The summed E-state index contributed by atoms with van der Waals surface area (Å²) >= 11 is 0. The summed E-state index contributed by atoms with van der Waals surface area (Å²) in [4.78, 5) is 0. The fraction of sp³-hybridized carbons (Fsp3) is 1.00. The summed E-state index contributed by atoms with van der Waals surface area (Å²) < 4.78 is 26.5. The molecule has 0 rings (SSSR count). The van der Waals surface area contributed by atoms with Gasteiger partial charge in [0.1, 0.15) is 0 Å². The molecular formula is C12H28N2O2S. The molecule has 0 spiro atoms. The first-order valence-electron chi connectivity index (χ1n) is 6.14. The monoisotopic (exact) mass is 264 g/mol. The van der Waals surface area contributed by atoms with Crippen LogP contribution in [0.25, 0.3) is 0 Å². The summed E-state index contributed by atoms with van der Waals surface area (Å²) in [6.07, 6.45) is 1.45. The normalized spacial score (nSPS) is 14.0. The molecule has 104 valence electrons. The highest BCUT2D eigenvalue weighted by atomic mass is 32.2. The third-order valence-corrected chi connectivity index (χ3v) is 3.93. The van der Waals surface area contributed by atoms with Gasteiger partial charge in [0.25, 0.3) is 0 Å². The van der Waals surface area contributed by atoms with Crippen molar-refractivity contribution >= 4 is 10.0 Å². The maximum atomic E-state index is 11.9. The van der Waals surface area contributed by atoms with Crippen LogP contribution < -0.4 is 10.0 Å². The Morgan fingerprint density at radius 3 is 2.00 bits per heavy atom. The maximum Gasteiger partial charge on any atom is 0.212 e. The average Bonchev–Trinajstić information content (AvgIpc) is 1.96. The van der Waals surface area contributed by atoms with Gasteiger partial charge in [0.05, 0.1) is 5.75 Å². The van der Waals surface area contributed by atoms with Gasteiger partial charge in [-0.25, -0.2) is 13.1 Å². The smallest absolute Gasteiger partial charge is 0.212 e. The van der Waals surface area contributed by atoms with E-state index in [4.69, 9.17) is 0 Å². The molecule has 17 heavy (non-hydrogen) atoms. The molecule has 0 aromatic carbocycles. The van der Waals surface area contributed by atoms with Crippen molar-refractivity contribution in [3.05, 3.63) is 0 Å². The second-order valence-electron chi connectivity index (χ2n) is 6.50. The van der Waals surface area contributed by atoms with Gasteiger partial charge in [-0.15, -0.1) is 0 Å². The Kier molecular flexibility index (Phi) is 6.11. The zero-order valence-corrected chi connectivity index (χ0v) is 12.9. The first-order chi connectivity index (χ1) is 7.47. The Morgan fingerprint density at radius 2 is 1.59 bits per heavy atom. The molecular weight excluding hydrogens is 236 g/mol.